The van der Waals surface area contributed by atoms with Crippen molar-refractivity contribution in [3.63, 3.8) is 0 Å². The van der Waals surface area contributed by atoms with Crippen LogP contribution in [-0.4, -0.2) is 11.1 Å². The van der Waals surface area contributed by atoms with Gasteiger partial charge in [-0.05, 0) is 29.7 Å². The summed E-state index contributed by atoms with van der Waals surface area (Å²) < 4.78 is 13.6. The fraction of sp³-hybridized carbons (Fsp3) is 0. The molecule has 0 saturated carbocycles. The lowest BCUT2D eigenvalue weighted by Gasteiger charge is -2.01. The van der Waals surface area contributed by atoms with Gasteiger partial charge in [0.15, 0.2) is 0 Å². The number of carbonyl (C=O) groups is 1. The number of carboxylic acids is 1. The first kappa shape index (κ1) is 12.8. The van der Waals surface area contributed by atoms with Crippen LogP contribution in [0.15, 0.2) is 35.7 Å². The van der Waals surface area contributed by atoms with Crippen LogP contribution in [0.25, 0.3) is 11.6 Å². The summed E-state index contributed by atoms with van der Waals surface area (Å²) in [5.41, 5.74) is 0.261. The van der Waals surface area contributed by atoms with E-state index in [0.717, 1.165) is 6.07 Å². The zero-order chi connectivity index (χ0) is 13.1. The molecule has 0 aliphatic rings. The first-order valence-corrected chi connectivity index (χ1v) is 6.27. The molecule has 0 amide bonds. The quantitative estimate of drug-likeness (QED) is 0.858. The Balaban J connectivity index is 2.49. The summed E-state index contributed by atoms with van der Waals surface area (Å²) in [6.07, 6.45) is 1.31. The maximum Gasteiger partial charge on any atom is 0.337 e. The van der Waals surface area contributed by atoms with Crippen molar-refractivity contribution >= 4 is 40.6 Å². The summed E-state index contributed by atoms with van der Waals surface area (Å²) >= 11 is 6.93. The summed E-state index contributed by atoms with van der Waals surface area (Å²) in [5, 5.41) is 11.2. The van der Waals surface area contributed by atoms with Crippen LogP contribution >= 0.6 is 22.9 Å². The van der Waals surface area contributed by atoms with Crippen molar-refractivity contribution in [1.82, 2.24) is 0 Å². The predicted octanol–water partition coefficient (Wildman–Crippen LogP) is 4.17. The number of hydrogen-bond acceptors (Lipinski definition) is 2. The van der Waals surface area contributed by atoms with E-state index in [1.165, 1.54) is 29.5 Å². The number of aliphatic carboxylic acids is 1. The molecule has 2 rings (SSSR count). The minimum absolute atomic E-state index is 0.0613. The molecule has 0 spiro atoms. The summed E-state index contributed by atoms with van der Waals surface area (Å²) in [5.74, 6) is -1.63. The summed E-state index contributed by atoms with van der Waals surface area (Å²) in [6.45, 7) is 0. The van der Waals surface area contributed by atoms with Crippen LogP contribution in [-0.2, 0) is 4.79 Å². The fourth-order valence-electron chi connectivity index (χ4n) is 1.44. The van der Waals surface area contributed by atoms with E-state index in [1.807, 2.05) is 0 Å². The van der Waals surface area contributed by atoms with Crippen LogP contribution in [0.4, 0.5) is 4.39 Å². The molecule has 0 aliphatic carbocycles. The van der Waals surface area contributed by atoms with Gasteiger partial charge in [-0.2, -0.15) is 0 Å². The lowest BCUT2D eigenvalue weighted by atomic mass is 10.1. The van der Waals surface area contributed by atoms with E-state index in [2.05, 4.69) is 0 Å². The maximum atomic E-state index is 13.6. The van der Waals surface area contributed by atoms with Crippen LogP contribution in [0.5, 0.6) is 0 Å². The van der Waals surface area contributed by atoms with Crippen LogP contribution in [0.3, 0.4) is 0 Å². The number of benzene rings is 1. The van der Waals surface area contributed by atoms with Gasteiger partial charge in [0.25, 0.3) is 0 Å². The standard InChI is InChI=1S/C13H8ClFO2S/c14-9-4-3-8(11(15)7-9)6-10(13(16)17)12-2-1-5-18-12/h1-7H,(H,16,17)/b10-6+. The predicted molar refractivity (Wildman–Crippen MR) is 71.2 cm³/mol. The van der Waals surface area contributed by atoms with Crippen molar-refractivity contribution in [2.45, 2.75) is 0 Å². The third-order valence-corrected chi connectivity index (χ3v) is 3.42. The zero-order valence-electron chi connectivity index (χ0n) is 9.06. The molecule has 0 fully saturated rings. The van der Waals surface area contributed by atoms with E-state index in [0.29, 0.717) is 4.88 Å². The average Bonchev–Trinajstić information content (AvgIpc) is 2.80. The number of thiophene rings is 1. The van der Waals surface area contributed by atoms with Crippen molar-refractivity contribution < 1.29 is 14.3 Å². The average molecular weight is 283 g/mol. The maximum absolute atomic E-state index is 13.6. The Kier molecular flexibility index (Phi) is 3.79. The summed E-state index contributed by atoms with van der Waals surface area (Å²) in [7, 11) is 0. The number of carboxylic acid groups (broad SMARTS) is 1. The Morgan fingerprint density at radius 2 is 2.17 bits per heavy atom. The molecule has 2 aromatic rings. The van der Waals surface area contributed by atoms with E-state index in [4.69, 9.17) is 16.7 Å². The second-order valence-electron chi connectivity index (χ2n) is 3.51. The van der Waals surface area contributed by atoms with E-state index >= 15 is 0 Å². The van der Waals surface area contributed by atoms with Crippen LogP contribution < -0.4 is 0 Å². The zero-order valence-corrected chi connectivity index (χ0v) is 10.6. The van der Waals surface area contributed by atoms with Crippen molar-refractivity contribution in [3.05, 3.63) is 57.0 Å². The smallest absolute Gasteiger partial charge is 0.337 e. The highest BCUT2D eigenvalue weighted by Gasteiger charge is 2.12. The Morgan fingerprint density at radius 1 is 1.39 bits per heavy atom. The van der Waals surface area contributed by atoms with Gasteiger partial charge >= 0.3 is 5.97 Å². The largest absolute Gasteiger partial charge is 0.478 e. The summed E-state index contributed by atoms with van der Waals surface area (Å²) in [4.78, 5) is 11.8. The molecule has 0 atom stereocenters. The molecule has 92 valence electrons. The van der Waals surface area contributed by atoms with Crippen molar-refractivity contribution in [2.75, 3.05) is 0 Å². The Bertz CT molecular complexity index is 605. The molecule has 1 N–H and O–H groups in total. The van der Waals surface area contributed by atoms with E-state index in [-0.39, 0.29) is 16.2 Å². The molecule has 0 bridgehead atoms. The van der Waals surface area contributed by atoms with Gasteiger partial charge in [-0.25, -0.2) is 9.18 Å². The van der Waals surface area contributed by atoms with Crippen molar-refractivity contribution in [3.8, 4) is 0 Å². The lowest BCUT2D eigenvalue weighted by Crippen LogP contribution is -1.98. The van der Waals surface area contributed by atoms with E-state index in [1.54, 1.807) is 17.5 Å². The molecule has 2 nitrogen and oxygen atoms in total. The second-order valence-corrected chi connectivity index (χ2v) is 4.89. The molecule has 0 radical (unpaired) electrons. The lowest BCUT2D eigenvalue weighted by molar-refractivity contribution is -0.130. The van der Waals surface area contributed by atoms with Gasteiger partial charge in [0.05, 0.1) is 5.57 Å². The Hall–Kier alpha value is -1.65. The van der Waals surface area contributed by atoms with Crippen molar-refractivity contribution in [2.24, 2.45) is 0 Å². The molecule has 18 heavy (non-hydrogen) atoms. The van der Waals surface area contributed by atoms with Gasteiger partial charge < -0.3 is 5.11 Å². The van der Waals surface area contributed by atoms with Gasteiger partial charge in [0.1, 0.15) is 5.82 Å². The second kappa shape index (κ2) is 5.33. The van der Waals surface area contributed by atoms with E-state index < -0.39 is 11.8 Å². The fourth-order valence-corrected chi connectivity index (χ4v) is 2.34. The molecule has 1 aromatic heterocycles. The Labute approximate surface area is 112 Å². The Morgan fingerprint density at radius 3 is 2.72 bits per heavy atom. The third-order valence-electron chi connectivity index (χ3n) is 2.28. The number of rotatable bonds is 3. The van der Waals surface area contributed by atoms with Gasteiger partial charge in [-0.15, -0.1) is 11.3 Å². The molecule has 0 saturated heterocycles. The molecule has 1 heterocycles. The highest BCUT2D eigenvalue weighted by Crippen LogP contribution is 2.25. The molecule has 0 unspecified atom stereocenters. The minimum atomic E-state index is -1.09. The first-order valence-electron chi connectivity index (χ1n) is 5.02. The molecule has 1 aromatic carbocycles. The highest BCUT2D eigenvalue weighted by molar-refractivity contribution is 7.11. The number of halogens is 2. The SMILES string of the molecule is O=C(O)/C(=C/c1ccc(Cl)cc1F)c1cccs1. The van der Waals surface area contributed by atoms with Crippen molar-refractivity contribution in [1.29, 1.82) is 0 Å². The van der Waals surface area contributed by atoms with E-state index in [9.17, 15) is 9.18 Å². The van der Waals surface area contributed by atoms with Crippen LogP contribution in [0.2, 0.25) is 5.02 Å². The highest BCUT2D eigenvalue weighted by atomic mass is 35.5. The van der Waals surface area contributed by atoms with Crippen LogP contribution in [0, 0.1) is 5.82 Å². The van der Waals surface area contributed by atoms with Crippen LogP contribution in [0.1, 0.15) is 10.4 Å². The number of hydrogen-bond donors (Lipinski definition) is 1. The minimum Gasteiger partial charge on any atom is -0.478 e. The van der Waals surface area contributed by atoms with Gasteiger partial charge in [0, 0.05) is 15.5 Å². The topological polar surface area (TPSA) is 37.3 Å². The molecular formula is C13H8ClFO2S. The van der Waals surface area contributed by atoms with Gasteiger partial charge in [0.2, 0.25) is 0 Å². The monoisotopic (exact) mass is 282 g/mol. The summed E-state index contributed by atoms with van der Waals surface area (Å²) in [6, 6.07) is 7.55. The molecular weight excluding hydrogens is 275 g/mol. The van der Waals surface area contributed by atoms with Gasteiger partial charge in [-0.3, -0.25) is 0 Å². The van der Waals surface area contributed by atoms with Gasteiger partial charge in [-0.1, -0.05) is 23.7 Å². The third kappa shape index (κ3) is 2.78. The molecule has 5 heteroatoms. The molecule has 0 aliphatic heterocycles. The normalized spacial score (nSPS) is 11.6. The first-order chi connectivity index (χ1) is 8.58.